The molecular formula is C20H28N3O4+. The van der Waals surface area contributed by atoms with Crippen LogP contribution in [0.3, 0.4) is 0 Å². The predicted octanol–water partition coefficient (Wildman–Crippen LogP) is 0.314. The summed E-state index contributed by atoms with van der Waals surface area (Å²) in [5.74, 6) is -2.17. The number of benzene rings is 1. The zero-order chi connectivity index (χ0) is 19.9. The lowest BCUT2D eigenvalue weighted by Crippen LogP contribution is -2.97. The quantitative estimate of drug-likeness (QED) is 0.593. The molecule has 2 saturated heterocycles. The molecule has 7 heteroatoms. The summed E-state index contributed by atoms with van der Waals surface area (Å²) in [5, 5.41) is 1.85. The first-order valence-electron chi connectivity index (χ1n) is 9.42. The van der Waals surface area contributed by atoms with Gasteiger partial charge >= 0.3 is 5.97 Å². The zero-order valence-electron chi connectivity index (χ0n) is 16.6. The van der Waals surface area contributed by atoms with Crippen LogP contribution in [0.25, 0.3) is 0 Å². The molecule has 3 rings (SSSR count). The number of nitrogens with zero attached hydrogens (tertiary/aromatic N) is 2. The number of hydrogen-bond acceptors (Lipinski definition) is 5. The summed E-state index contributed by atoms with van der Waals surface area (Å²) in [6.07, 6.45) is 0. The van der Waals surface area contributed by atoms with Crippen LogP contribution in [0.1, 0.15) is 32.4 Å². The molecule has 1 aromatic rings. The van der Waals surface area contributed by atoms with E-state index in [4.69, 9.17) is 4.74 Å². The second kappa shape index (κ2) is 6.96. The summed E-state index contributed by atoms with van der Waals surface area (Å²) in [5.41, 5.74) is 0.871. The Labute approximate surface area is 159 Å². The Hall–Kier alpha value is -2.41. The van der Waals surface area contributed by atoms with E-state index in [1.165, 1.54) is 4.90 Å². The number of anilines is 1. The number of hydrogen-bond donors (Lipinski definition) is 1. The van der Waals surface area contributed by atoms with Gasteiger partial charge in [-0.2, -0.15) is 0 Å². The van der Waals surface area contributed by atoms with Crippen molar-refractivity contribution in [2.24, 2.45) is 11.8 Å². The van der Waals surface area contributed by atoms with Gasteiger partial charge in [0.1, 0.15) is 17.9 Å². The molecule has 2 heterocycles. The van der Waals surface area contributed by atoms with Gasteiger partial charge in [-0.05, 0) is 26.0 Å². The molecule has 7 nitrogen and oxygen atoms in total. The molecule has 0 spiro atoms. The normalized spacial score (nSPS) is 29.8. The summed E-state index contributed by atoms with van der Waals surface area (Å²) in [4.78, 5) is 41.9. The third-order valence-electron chi connectivity index (χ3n) is 5.83. The van der Waals surface area contributed by atoms with Crippen LogP contribution in [0.5, 0.6) is 0 Å². The average Bonchev–Trinajstić information content (AvgIpc) is 3.09. The molecule has 2 aliphatic heterocycles. The molecule has 0 bridgehead atoms. The van der Waals surface area contributed by atoms with Crippen LogP contribution in [0.2, 0.25) is 0 Å². The molecule has 0 unspecified atom stereocenters. The van der Waals surface area contributed by atoms with Gasteiger partial charge in [-0.15, -0.1) is 0 Å². The number of carbonyl (C=O) groups excluding carboxylic acids is 3. The van der Waals surface area contributed by atoms with E-state index < -0.39 is 23.3 Å². The Morgan fingerprint density at radius 2 is 1.81 bits per heavy atom. The Balaban J connectivity index is 2.04. The second-order valence-corrected chi connectivity index (χ2v) is 7.61. The number of nitrogens with two attached hydrogens (primary N) is 1. The summed E-state index contributed by atoms with van der Waals surface area (Å²) >= 11 is 0. The van der Waals surface area contributed by atoms with Crippen molar-refractivity contribution >= 4 is 23.5 Å². The van der Waals surface area contributed by atoms with Crippen LogP contribution < -0.4 is 10.2 Å². The van der Waals surface area contributed by atoms with Gasteiger partial charge in [0.25, 0.3) is 0 Å². The maximum Gasteiger partial charge on any atom is 0.368 e. The summed E-state index contributed by atoms with van der Waals surface area (Å²) in [6.45, 7) is 5.80. The number of amides is 2. The first-order chi connectivity index (χ1) is 12.8. The van der Waals surface area contributed by atoms with E-state index >= 15 is 0 Å². The number of ether oxygens (including phenoxy) is 1. The lowest BCUT2D eigenvalue weighted by molar-refractivity contribution is -0.731. The fourth-order valence-corrected chi connectivity index (χ4v) is 4.41. The molecule has 1 aromatic carbocycles. The third-order valence-corrected chi connectivity index (χ3v) is 5.83. The number of rotatable bonds is 5. The van der Waals surface area contributed by atoms with E-state index in [-0.39, 0.29) is 24.5 Å². The van der Waals surface area contributed by atoms with Crippen molar-refractivity contribution in [1.82, 2.24) is 4.90 Å². The lowest BCUT2D eigenvalue weighted by Gasteiger charge is -2.26. The van der Waals surface area contributed by atoms with Gasteiger partial charge in [0, 0.05) is 38.8 Å². The number of quaternary nitrogens is 1. The highest BCUT2D eigenvalue weighted by atomic mass is 16.5. The molecule has 2 aliphatic rings. The van der Waals surface area contributed by atoms with Crippen molar-refractivity contribution in [3.05, 3.63) is 29.8 Å². The highest BCUT2D eigenvalue weighted by Gasteiger charge is 2.70. The van der Waals surface area contributed by atoms with E-state index in [0.29, 0.717) is 6.54 Å². The van der Waals surface area contributed by atoms with Crippen molar-refractivity contribution < 1.29 is 24.4 Å². The molecular weight excluding hydrogens is 346 g/mol. The van der Waals surface area contributed by atoms with Crippen LogP contribution in [0.15, 0.2) is 24.3 Å². The smallest absolute Gasteiger partial charge is 0.368 e. The Kier molecular flexibility index (Phi) is 4.99. The van der Waals surface area contributed by atoms with E-state index in [1.807, 2.05) is 48.6 Å². The molecule has 0 saturated carbocycles. The third kappa shape index (κ3) is 2.90. The number of carbonyl (C=O) groups is 3. The highest BCUT2D eigenvalue weighted by Crippen LogP contribution is 2.44. The van der Waals surface area contributed by atoms with Gasteiger partial charge in [-0.25, -0.2) is 4.79 Å². The van der Waals surface area contributed by atoms with Crippen LogP contribution in [-0.4, -0.2) is 55.5 Å². The van der Waals surface area contributed by atoms with Gasteiger partial charge in [0.05, 0.1) is 6.61 Å². The first-order valence-corrected chi connectivity index (χ1v) is 9.42. The highest BCUT2D eigenvalue weighted by molar-refractivity contribution is 6.08. The Bertz CT molecular complexity index is 761. The molecule has 0 radical (unpaired) electrons. The van der Waals surface area contributed by atoms with E-state index in [9.17, 15) is 14.4 Å². The van der Waals surface area contributed by atoms with E-state index in [1.54, 1.807) is 20.8 Å². The van der Waals surface area contributed by atoms with Crippen LogP contribution >= 0.6 is 0 Å². The predicted molar refractivity (Wildman–Crippen MR) is 99.8 cm³/mol. The van der Waals surface area contributed by atoms with Gasteiger partial charge in [-0.3, -0.25) is 14.5 Å². The zero-order valence-corrected chi connectivity index (χ0v) is 16.6. The molecule has 0 aromatic heterocycles. The van der Waals surface area contributed by atoms with Crippen molar-refractivity contribution in [3.8, 4) is 0 Å². The van der Waals surface area contributed by atoms with Gasteiger partial charge < -0.3 is 15.0 Å². The molecule has 2 N–H and O–H groups in total. The fourth-order valence-electron chi connectivity index (χ4n) is 4.41. The molecule has 0 aliphatic carbocycles. The average molecular weight is 374 g/mol. The first kappa shape index (κ1) is 19.4. The lowest BCUT2D eigenvalue weighted by atomic mass is 9.80. The number of imide groups is 1. The van der Waals surface area contributed by atoms with E-state index in [0.717, 1.165) is 11.3 Å². The van der Waals surface area contributed by atoms with Crippen LogP contribution in [-0.2, 0) is 19.1 Å². The molecule has 27 heavy (non-hydrogen) atoms. The molecule has 2 fully saturated rings. The van der Waals surface area contributed by atoms with Gasteiger partial charge in [-0.1, -0.05) is 12.1 Å². The van der Waals surface area contributed by atoms with E-state index in [2.05, 4.69) is 0 Å². The standard InChI is InChI=1S/C20H27N3O4/c1-6-23-17(24)14-15(18(23)25)20(3,19(26)27-7-2)21-16(14)12-8-10-13(11-9-12)22(4)5/h8-11,14-16,21H,6-7H2,1-5H3/p+1/t14-,15+,16-,20-/m1/s1. The molecule has 2 amide bonds. The number of likely N-dealkylation sites (tertiary alicyclic amines) is 1. The minimum atomic E-state index is -1.11. The second-order valence-electron chi connectivity index (χ2n) is 7.61. The molecule has 4 atom stereocenters. The van der Waals surface area contributed by atoms with Crippen molar-refractivity contribution in [3.63, 3.8) is 0 Å². The summed E-state index contributed by atoms with van der Waals surface area (Å²) in [6, 6.07) is 7.61. The number of esters is 1. The number of fused-ring (bicyclic) bond motifs is 1. The summed E-state index contributed by atoms with van der Waals surface area (Å²) in [7, 11) is 3.92. The monoisotopic (exact) mass is 374 g/mol. The van der Waals surface area contributed by atoms with Gasteiger partial charge in [0.2, 0.25) is 17.4 Å². The van der Waals surface area contributed by atoms with Gasteiger partial charge in [0.15, 0.2) is 0 Å². The Morgan fingerprint density at radius 1 is 1.19 bits per heavy atom. The van der Waals surface area contributed by atoms with Crippen molar-refractivity contribution in [2.45, 2.75) is 32.4 Å². The topological polar surface area (TPSA) is 83.5 Å². The SMILES string of the molecule is CCOC(=O)[C@]1(C)[NH2+][C@H](c2ccc(N(C)C)cc2)[C@@H]2C(=O)N(CC)C(=O)[C@H]21. The maximum absolute atomic E-state index is 13.0. The minimum absolute atomic E-state index is 0.196. The Morgan fingerprint density at radius 3 is 2.33 bits per heavy atom. The fraction of sp³-hybridized carbons (Fsp3) is 0.550. The van der Waals surface area contributed by atoms with Crippen LogP contribution in [0.4, 0.5) is 5.69 Å². The van der Waals surface area contributed by atoms with Crippen molar-refractivity contribution in [2.75, 3.05) is 32.1 Å². The molecule has 146 valence electrons. The minimum Gasteiger partial charge on any atom is -0.461 e. The largest absolute Gasteiger partial charge is 0.461 e. The maximum atomic E-state index is 13.0. The van der Waals surface area contributed by atoms with Crippen LogP contribution in [0, 0.1) is 11.8 Å². The van der Waals surface area contributed by atoms with Crippen molar-refractivity contribution in [1.29, 1.82) is 0 Å². The summed E-state index contributed by atoms with van der Waals surface area (Å²) < 4.78 is 5.27.